The summed E-state index contributed by atoms with van der Waals surface area (Å²) >= 11 is 5.35. The van der Waals surface area contributed by atoms with Crippen LogP contribution in [0.1, 0.15) is 16.7 Å². The van der Waals surface area contributed by atoms with E-state index in [4.69, 9.17) is 12.2 Å². The molecule has 5 heteroatoms. The Kier molecular flexibility index (Phi) is 5.81. The highest BCUT2D eigenvalue weighted by Gasteiger charge is 2.10. The molecule has 0 fully saturated rings. The Balaban J connectivity index is 3.06. The number of benzene rings is 1. The van der Waals surface area contributed by atoms with E-state index in [-0.39, 0.29) is 0 Å². The number of anilines is 1. The molecule has 0 bridgehead atoms. The van der Waals surface area contributed by atoms with E-state index >= 15 is 0 Å². The van der Waals surface area contributed by atoms with Crippen molar-refractivity contribution in [1.82, 2.24) is 10.4 Å². The second-order valence-corrected chi connectivity index (χ2v) is 10.5. The zero-order chi connectivity index (χ0) is 15.5. The number of nitrogens with zero attached hydrogens (tertiary/aromatic N) is 1. The van der Waals surface area contributed by atoms with E-state index in [2.05, 4.69) is 56.4 Å². The van der Waals surface area contributed by atoms with Crippen molar-refractivity contribution < 1.29 is 0 Å². The predicted octanol–water partition coefficient (Wildman–Crippen LogP) is 3.28. The number of hydrogen-bond donors (Lipinski definition) is 2. The fourth-order valence-electron chi connectivity index (χ4n) is 1.96. The molecule has 1 rings (SSSR count). The molecule has 0 amide bonds. The Morgan fingerprint density at radius 3 is 2.40 bits per heavy atom. The van der Waals surface area contributed by atoms with Crippen LogP contribution in [-0.4, -0.2) is 43.8 Å². The van der Waals surface area contributed by atoms with E-state index in [1.165, 1.54) is 16.7 Å². The summed E-state index contributed by atoms with van der Waals surface area (Å²) in [6.45, 7) is 7.70. The molecule has 0 saturated heterocycles. The van der Waals surface area contributed by atoms with Crippen molar-refractivity contribution in [3.8, 4) is 0 Å². The largest absolute Gasteiger partial charge is 0.331 e. The minimum Gasteiger partial charge on any atom is -0.331 e. The first kappa shape index (κ1) is 17.2. The maximum Gasteiger partial charge on any atom is 0.187 e. The second-order valence-electron chi connectivity index (χ2n) is 5.90. The average Bonchev–Trinajstić information content (AvgIpc) is 2.32. The van der Waals surface area contributed by atoms with Crippen LogP contribution in [0.25, 0.3) is 0 Å². The Labute approximate surface area is 128 Å². The number of thiocarbonyl (C=S) groups is 1. The van der Waals surface area contributed by atoms with Gasteiger partial charge < -0.3 is 5.32 Å². The zero-order valence-electron chi connectivity index (χ0n) is 13.4. The molecule has 1 aromatic carbocycles. The molecule has 0 aromatic heterocycles. The van der Waals surface area contributed by atoms with Gasteiger partial charge in [0, 0.05) is 19.8 Å². The number of hydrogen-bond acceptors (Lipinski definition) is 2. The molecule has 0 atom stereocenters. The third kappa shape index (κ3) is 4.93. The van der Waals surface area contributed by atoms with Gasteiger partial charge in [0.05, 0.1) is 0 Å². The number of hydrazine groups is 1. The van der Waals surface area contributed by atoms with E-state index in [1.54, 1.807) is 5.01 Å². The van der Waals surface area contributed by atoms with Crippen LogP contribution in [0, 0.1) is 13.8 Å². The van der Waals surface area contributed by atoms with Crippen LogP contribution >= 0.6 is 19.1 Å². The van der Waals surface area contributed by atoms with Crippen LogP contribution in [0.2, 0.25) is 0 Å². The van der Waals surface area contributed by atoms with Gasteiger partial charge >= 0.3 is 0 Å². The molecule has 20 heavy (non-hydrogen) atoms. The molecule has 0 radical (unpaired) electrons. The molecule has 0 aliphatic rings. The molecule has 0 aliphatic carbocycles. The van der Waals surface area contributed by atoms with Crippen molar-refractivity contribution in [2.24, 2.45) is 0 Å². The summed E-state index contributed by atoms with van der Waals surface area (Å²) in [6.07, 6.45) is 5.37. The van der Waals surface area contributed by atoms with Crippen molar-refractivity contribution in [1.29, 1.82) is 0 Å². The van der Waals surface area contributed by atoms with Gasteiger partial charge in [0.25, 0.3) is 0 Å². The molecule has 112 valence electrons. The molecule has 0 spiro atoms. The number of aryl methyl sites for hydroxylation is 2. The summed E-state index contributed by atoms with van der Waals surface area (Å²) in [5.74, 6) is 0. The third-order valence-corrected chi connectivity index (χ3v) is 4.74. The lowest BCUT2D eigenvalue weighted by molar-refractivity contribution is 0.416. The van der Waals surface area contributed by atoms with Gasteiger partial charge in [-0.3, -0.25) is 5.01 Å². The van der Waals surface area contributed by atoms with E-state index < -0.39 is 6.89 Å². The molecule has 0 aliphatic heterocycles. The van der Waals surface area contributed by atoms with E-state index in [9.17, 15) is 0 Å². The van der Waals surface area contributed by atoms with E-state index in [0.29, 0.717) is 5.11 Å². The standard InChI is InChI=1S/C15H26N3PS/c1-11-8-12(2)14(17-15(20)18(4)16-3)9-13(11)10-19(5,6)7/h8-9,16H,5,10H2,1-4,6-7H3,(H,17,20). The SMILES string of the molecule is C=P(C)(C)Cc1cc(NC(=S)N(C)NC)c(C)cc1C. The Morgan fingerprint density at radius 1 is 1.30 bits per heavy atom. The highest BCUT2D eigenvalue weighted by atomic mass is 32.1. The molecule has 2 N–H and O–H groups in total. The van der Waals surface area contributed by atoms with Crippen molar-refractivity contribution in [3.63, 3.8) is 0 Å². The molecule has 3 nitrogen and oxygen atoms in total. The molecular formula is C15H26N3PS. The number of nitrogens with one attached hydrogen (secondary N) is 2. The fraction of sp³-hybridized carbons (Fsp3) is 0.467. The first-order chi connectivity index (χ1) is 9.14. The van der Waals surface area contributed by atoms with Crippen molar-refractivity contribution in [3.05, 3.63) is 28.8 Å². The lowest BCUT2D eigenvalue weighted by Crippen LogP contribution is -2.39. The summed E-state index contributed by atoms with van der Waals surface area (Å²) < 4.78 is 0. The summed E-state index contributed by atoms with van der Waals surface area (Å²) in [7, 11) is 3.74. The smallest absolute Gasteiger partial charge is 0.187 e. The van der Waals surface area contributed by atoms with Gasteiger partial charge in [-0.2, -0.15) is 0 Å². The monoisotopic (exact) mass is 311 g/mol. The lowest BCUT2D eigenvalue weighted by Gasteiger charge is -2.22. The topological polar surface area (TPSA) is 27.3 Å². The van der Waals surface area contributed by atoms with Crippen LogP contribution in [-0.2, 0) is 6.16 Å². The van der Waals surface area contributed by atoms with Crippen molar-refractivity contribution >= 4 is 36.2 Å². The zero-order valence-corrected chi connectivity index (χ0v) is 15.1. The van der Waals surface area contributed by atoms with Gasteiger partial charge in [0.15, 0.2) is 5.11 Å². The van der Waals surface area contributed by atoms with Crippen LogP contribution < -0.4 is 10.7 Å². The molecular weight excluding hydrogens is 285 g/mol. The maximum atomic E-state index is 5.35. The van der Waals surface area contributed by atoms with Crippen molar-refractivity contribution in [2.45, 2.75) is 20.0 Å². The normalized spacial score (nSPS) is 11.3. The summed E-state index contributed by atoms with van der Waals surface area (Å²) in [4.78, 5) is 0. The minimum atomic E-state index is -1.09. The second kappa shape index (κ2) is 6.75. The Bertz CT molecular complexity index is 548. The van der Waals surface area contributed by atoms with E-state index in [0.717, 1.165) is 11.8 Å². The molecule has 1 aromatic rings. The summed E-state index contributed by atoms with van der Waals surface area (Å²) in [6, 6.07) is 4.43. The summed E-state index contributed by atoms with van der Waals surface area (Å²) in [5.41, 5.74) is 7.97. The molecule has 0 heterocycles. The van der Waals surface area contributed by atoms with Crippen LogP contribution in [0.4, 0.5) is 5.69 Å². The van der Waals surface area contributed by atoms with Crippen LogP contribution in [0.3, 0.4) is 0 Å². The first-order valence-electron chi connectivity index (χ1n) is 6.63. The molecule has 0 saturated carbocycles. The van der Waals surface area contributed by atoms with Gasteiger partial charge in [-0.15, -0.1) is 13.2 Å². The van der Waals surface area contributed by atoms with Gasteiger partial charge in [-0.25, -0.2) is 5.43 Å². The van der Waals surface area contributed by atoms with E-state index in [1.807, 2.05) is 14.1 Å². The first-order valence-corrected chi connectivity index (χ1v) is 10.1. The van der Waals surface area contributed by atoms with Crippen molar-refractivity contribution in [2.75, 3.05) is 32.7 Å². The van der Waals surface area contributed by atoms with Gasteiger partial charge in [-0.1, -0.05) is 6.07 Å². The van der Waals surface area contributed by atoms with Crippen LogP contribution in [0.15, 0.2) is 12.1 Å². The quantitative estimate of drug-likeness (QED) is 0.507. The van der Waals surface area contributed by atoms with Gasteiger partial charge in [0.1, 0.15) is 0 Å². The third-order valence-electron chi connectivity index (χ3n) is 3.16. The van der Waals surface area contributed by atoms with Gasteiger partial charge in [-0.05, 0) is 68.3 Å². The summed E-state index contributed by atoms with van der Waals surface area (Å²) in [5, 5.41) is 5.75. The number of rotatable bonds is 4. The predicted molar refractivity (Wildman–Crippen MR) is 98.6 cm³/mol. The molecule has 0 unspecified atom stereocenters. The Hall–Kier alpha value is -0.830. The Morgan fingerprint density at radius 2 is 1.90 bits per heavy atom. The average molecular weight is 311 g/mol. The lowest BCUT2D eigenvalue weighted by atomic mass is 10.0. The minimum absolute atomic E-state index is 0.661. The highest BCUT2D eigenvalue weighted by molar-refractivity contribution is 7.80. The maximum absolute atomic E-state index is 5.35. The van der Waals surface area contributed by atoms with Crippen LogP contribution in [0.5, 0.6) is 0 Å². The fourth-order valence-corrected chi connectivity index (χ4v) is 3.43. The highest BCUT2D eigenvalue weighted by Crippen LogP contribution is 2.41. The van der Waals surface area contributed by atoms with Gasteiger partial charge in [0.2, 0.25) is 0 Å².